The molecule has 27 heavy (non-hydrogen) atoms. The number of carbonyl (C=O) groups excluding carboxylic acids is 2. The predicted octanol–water partition coefficient (Wildman–Crippen LogP) is 3.81. The monoisotopic (exact) mass is 359 g/mol. The normalized spacial score (nSPS) is 11.5. The van der Waals surface area contributed by atoms with E-state index in [9.17, 15) is 9.59 Å². The maximum atomic E-state index is 13.0. The lowest BCUT2D eigenvalue weighted by atomic mass is 10.0. The van der Waals surface area contributed by atoms with E-state index in [0.29, 0.717) is 5.56 Å². The molecule has 136 valence electrons. The number of para-hydroxylation sites is 1. The maximum absolute atomic E-state index is 13.0. The third kappa shape index (κ3) is 4.39. The molecule has 3 aromatic rings. The van der Waals surface area contributed by atoms with E-state index in [0.717, 1.165) is 16.8 Å². The molecule has 2 N–H and O–H groups in total. The summed E-state index contributed by atoms with van der Waals surface area (Å²) in [6, 6.07) is 19.2. The minimum atomic E-state index is -0.834. The van der Waals surface area contributed by atoms with Crippen molar-refractivity contribution in [1.29, 1.82) is 0 Å². The highest BCUT2D eigenvalue weighted by atomic mass is 16.2. The zero-order valence-electron chi connectivity index (χ0n) is 15.3. The summed E-state index contributed by atoms with van der Waals surface area (Å²) in [6.45, 7) is 3.87. The second kappa shape index (κ2) is 8.27. The number of nitrogens with one attached hydrogen (secondary N) is 2. The first-order chi connectivity index (χ1) is 13.1. The van der Waals surface area contributed by atoms with Crippen LogP contribution in [0.3, 0.4) is 0 Å². The Morgan fingerprint density at radius 3 is 2.15 bits per heavy atom. The summed E-state index contributed by atoms with van der Waals surface area (Å²) in [5, 5.41) is 5.75. The van der Waals surface area contributed by atoms with Crippen LogP contribution >= 0.6 is 0 Å². The van der Waals surface area contributed by atoms with Gasteiger partial charge in [0.1, 0.15) is 11.7 Å². The number of hydrogen-bond donors (Lipinski definition) is 2. The van der Waals surface area contributed by atoms with Crippen LogP contribution in [0.4, 0.5) is 5.69 Å². The van der Waals surface area contributed by atoms with Crippen molar-refractivity contribution in [2.75, 3.05) is 5.32 Å². The highest BCUT2D eigenvalue weighted by Gasteiger charge is 2.24. The zero-order valence-corrected chi connectivity index (χ0v) is 15.3. The molecule has 0 saturated heterocycles. The van der Waals surface area contributed by atoms with E-state index >= 15 is 0 Å². The van der Waals surface area contributed by atoms with Crippen LogP contribution in [0.2, 0.25) is 0 Å². The van der Waals surface area contributed by atoms with Crippen LogP contribution in [0.1, 0.15) is 33.2 Å². The lowest BCUT2D eigenvalue weighted by Crippen LogP contribution is -2.37. The molecule has 2 amide bonds. The van der Waals surface area contributed by atoms with Gasteiger partial charge in [0.15, 0.2) is 0 Å². The Balaban J connectivity index is 1.88. The molecule has 0 spiro atoms. The summed E-state index contributed by atoms with van der Waals surface area (Å²) in [7, 11) is 0. The average Bonchev–Trinajstić information content (AvgIpc) is 2.70. The Labute approximate surface area is 158 Å². The number of carbonyl (C=O) groups is 2. The highest BCUT2D eigenvalue weighted by molar-refractivity contribution is 6.01. The highest BCUT2D eigenvalue weighted by Crippen LogP contribution is 2.22. The van der Waals surface area contributed by atoms with Crippen LogP contribution in [-0.2, 0) is 4.79 Å². The molecular weight excluding hydrogens is 338 g/mol. The number of benzene rings is 2. The van der Waals surface area contributed by atoms with Gasteiger partial charge in [0.2, 0.25) is 0 Å². The smallest absolute Gasteiger partial charge is 0.270 e. The van der Waals surface area contributed by atoms with Crippen molar-refractivity contribution in [3.8, 4) is 0 Å². The van der Waals surface area contributed by atoms with E-state index < -0.39 is 11.9 Å². The van der Waals surface area contributed by atoms with Gasteiger partial charge < -0.3 is 10.6 Å². The first kappa shape index (κ1) is 18.3. The molecule has 0 aliphatic rings. The number of pyridine rings is 1. The van der Waals surface area contributed by atoms with E-state index in [2.05, 4.69) is 15.6 Å². The molecule has 3 rings (SSSR count). The third-order valence-corrected chi connectivity index (χ3v) is 4.30. The molecule has 5 heteroatoms. The van der Waals surface area contributed by atoms with Gasteiger partial charge in [-0.2, -0.15) is 0 Å². The minimum absolute atomic E-state index is 0.262. The van der Waals surface area contributed by atoms with Crippen molar-refractivity contribution >= 4 is 17.5 Å². The first-order valence-corrected chi connectivity index (χ1v) is 8.70. The fraction of sp³-hybridized carbons (Fsp3) is 0.136. The lowest BCUT2D eigenvalue weighted by Gasteiger charge is -2.20. The average molecular weight is 359 g/mol. The van der Waals surface area contributed by atoms with Crippen molar-refractivity contribution in [3.05, 3.63) is 95.3 Å². The molecule has 1 aromatic heterocycles. The van der Waals surface area contributed by atoms with Crippen LogP contribution in [0, 0.1) is 13.8 Å². The number of aromatic nitrogens is 1. The summed E-state index contributed by atoms with van der Waals surface area (Å²) < 4.78 is 0. The Hall–Kier alpha value is -3.47. The van der Waals surface area contributed by atoms with Crippen LogP contribution in [0.5, 0.6) is 0 Å². The van der Waals surface area contributed by atoms with E-state index in [1.807, 2.05) is 62.4 Å². The van der Waals surface area contributed by atoms with Gasteiger partial charge in [0, 0.05) is 11.9 Å². The maximum Gasteiger partial charge on any atom is 0.270 e. The van der Waals surface area contributed by atoms with Gasteiger partial charge in [0.25, 0.3) is 11.8 Å². The molecule has 0 aliphatic carbocycles. The lowest BCUT2D eigenvalue weighted by molar-refractivity contribution is -0.118. The number of nitrogens with zero attached hydrogens (tertiary/aromatic N) is 1. The van der Waals surface area contributed by atoms with Gasteiger partial charge in [-0.05, 0) is 42.7 Å². The van der Waals surface area contributed by atoms with Gasteiger partial charge in [0.05, 0.1) is 0 Å². The number of anilines is 1. The molecule has 5 nitrogen and oxygen atoms in total. The third-order valence-electron chi connectivity index (χ3n) is 4.30. The van der Waals surface area contributed by atoms with E-state index in [-0.39, 0.29) is 11.6 Å². The fourth-order valence-electron chi connectivity index (χ4n) is 2.85. The first-order valence-electron chi connectivity index (χ1n) is 8.70. The summed E-state index contributed by atoms with van der Waals surface area (Å²) >= 11 is 0. The second-order valence-corrected chi connectivity index (χ2v) is 6.29. The van der Waals surface area contributed by atoms with Crippen molar-refractivity contribution in [3.63, 3.8) is 0 Å². The number of amides is 2. The SMILES string of the molecule is Cc1cccc(C)c1NC(=O)C(NC(=O)c1ccccn1)c1ccccc1. The summed E-state index contributed by atoms with van der Waals surface area (Å²) in [5.41, 5.74) is 3.65. The van der Waals surface area contributed by atoms with E-state index in [1.165, 1.54) is 0 Å². The Morgan fingerprint density at radius 1 is 0.852 bits per heavy atom. The number of rotatable bonds is 5. The molecule has 1 heterocycles. The molecule has 0 saturated carbocycles. The molecular formula is C22H21N3O2. The molecule has 2 aromatic carbocycles. The molecule has 1 unspecified atom stereocenters. The number of hydrogen-bond acceptors (Lipinski definition) is 3. The minimum Gasteiger partial charge on any atom is -0.335 e. The van der Waals surface area contributed by atoms with Gasteiger partial charge in [-0.1, -0.05) is 54.6 Å². The summed E-state index contributed by atoms with van der Waals surface area (Å²) in [6.07, 6.45) is 1.54. The van der Waals surface area contributed by atoms with Gasteiger partial charge in [-0.15, -0.1) is 0 Å². The molecule has 0 aliphatic heterocycles. The standard InChI is InChI=1S/C22H21N3O2/c1-15-9-8-10-16(2)19(15)24-22(27)20(17-11-4-3-5-12-17)25-21(26)18-13-6-7-14-23-18/h3-14,20H,1-2H3,(H,24,27)(H,25,26). The molecule has 0 fully saturated rings. The van der Waals surface area contributed by atoms with Crippen molar-refractivity contribution in [2.45, 2.75) is 19.9 Å². The van der Waals surface area contributed by atoms with Crippen molar-refractivity contribution < 1.29 is 9.59 Å². The topological polar surface area (TPSA) is 71.1 Å². The van der Waals surface area contributed by atoms with Crippen molar-refractivity contribution in [1.82, 2.24) is 10.3 Å². The van der Waals surface area contributed by atoms with Crippen LogP contribution in [-0.4, -0.2) is 16.8 Å². The fourth-order valence-corrected chi connectivity index (χ4v) is 2.85. The predicted molar refractivity (Wildman–Crippen MR) is 105 cm³/mol. The number of aryl methyl sites for hydroxylation is 2. The molecule has 0 radical (unpaired) electrons. The Morgan fingerprint density at radius 2 is 1.52 bits per heavy atom. The van der Waals surface area contributed by atoms with Crippen LogP contribution in [0.15, 0.2) is 72.9 Å². The van der Waals surface area contributed by atoms with E-state index in [1.54, 1.807) is 24.4 Å². The molecule has 1 atom stereocenters. The summed E-state index contributed by atoms with van der Waals surface area (Å²) in [4.78, 5) is 29.7. The zero-order chi connectivity index (χ0) is 19.2. The largest absolute Gasteiger partial charge is 0.335 e. The van der Waals surface area contributed by atoms with Crippen LogP contribution < -0.4 is 10.6 Å². The Bertz CT molecular complexity index is 920. The van der Waals surface area contributed by atoms with Gasteiger partial charge >= 0.3 is 0 Å². The van der Waals surface area contributed by atoms with Gasteiger partial charge in [-0.3, -0.25) is 14.6 Å². The second-order valence-electron chi connectivity index (χ2n) is 6.29. The summed E-state index contributed by atoms with van der Waals surface area (Å²) in [5.74, 6) is -0.705. The van der Waals surface area contributed by atoms with Crippen molar-refractivity contribution in [2.24, 2.45) is 0 Å². The quantitative estimate of drug-likeness (QED) is 0.728. The Kier molecular flexibility index (Phi) is 5.61. The van der Waals surface area contributed by atoms with E-state index in [4.69, 9.17) is 0 Å². The van der Waals surface area contributed by atoms with Gasteiger partial charge in [-0.25, -0.2) is 0 Å². The molecule has 0 bridgehead atoms. The van der Waals surface area contributed by atoms with Crippen LogP contribution in [0.25, 0.3) is 0 Å².